The van der Waals surface area contributed by atoms with Crippen LogP contribution in [0.3, 0.4) is 0 Å². The van der Waals surface area contributed by atoms with Crippen LogP contribution in [0.4, 0.5) is 10.1 Å². The summed E-state index contributed by atoms with van der Waals surface area (Å²) in [6.45, 7) is 6.68. The van der Waals surface area contributed by atoms with Gasteiger partial charge in [0.1, 0.15) is 5.82 Å². The van der Waals surface area contributed by atoms with Crippen molar-refractivity contribution in [3.8, 4) is 0 Å². The van der Waals surface area contributed by atoms with Gasteiger partial charge in [-0.1, -0.05) is 6.92 Å². The average molecular weight is 251 g/mol. The number of aliphatic hydroxyl groups is 1. The Labute approximate surface area is 108 Å². The fourth-order valence-corrected chi connectivity index (χ4v) is 2.45. The first kappa shape index (κ1) is 13.3. The lowest BCUT2D eigenvalue weighted by Gasteiger charge is -2.24. The molecule has 0 amide bonds. The molecule has 1 fully saturated rings. The number of halogens is 1. The Morgan fingerprint density at radius 2 is 2.11 bits per heavy atom. The van der Waals surface area contributed by atoms with E-state index < -0.39 is 6.10 Å². The molecule has 1 aliphatic carbocycles. The summed E-state index contributed by atoms with van der Waals surface area (Å²) in [5.41, 5.74) is 2.25. The number of benzene rings is 1. The topological polar surface area (TPSA) is 23.5 Å². The molecule has 0 bridgehead atoms. The summed E-state index contributed by atoms with van der Waals surface area (Å²) in [6.07, 6.45) is 0.628. The molecule has 3 heteroatoms. The van der Waals surface area contributed by atoms with Crippen LogP contribution in [0.25, 0.3) is 0 Å². The van der Waals surface area contributed by atoms with E-state index in [9.17, 15) is 9.50 Å². The Balaban J connectivity index is 2.26. The van der Waals surface area contributed by atoms with Crippen molar-refractivity contribution in [3.05, 3.63) is 29.1 Å². The van der Waals surface area contributed by atoms with Crippen LogP contribution in [0.1, 0.15) is 37.5 Å². The van der Waals surface area contributed by atoms with E-state index in [-0.39, 0.29) is 5.82 Å². The van der Waals surface area contributed by atoms with Gasteiger partial charge in [-0.3, -0.25) is 0 Å². The molecule has 2 nitrogen and oxygen atoms in total. The van der Waals surface area contributed by atoms with Crippen molar-refractivity contribution < 1.29 is 9.50 Å². The molecular weight excluding hydrogens is 229 g/mol. The lowest BCUT2D eigenvalue weighted by Crippen LogP contribution is -2.22. The smallest absolute Gasteiger partial charge is 0.126 e. The van der Waals surface area contributed by atoms with Gasteiger partial charge in [-0.25, -0.2) is 4.39 Å². The van der Waals surface area contributed by atoms with E-state index in [0.717, 1.165) is 24.1 Å². The van der Waals surface area contributed by atoms with Gasteiger partial charge in [0.05, 0.1) is 6.10 Å². The summed E-state index contributed by atoms with van der Waals surface area (Å²) >= 11 is 0. The number of anilines is 1. The van der Waals surface area contributed by atoms with Crippen LogP contribution >= 0.6 is 0 Å². The first-order valence-electron chi connectivity index (χ1n) is 6.59. The average Bonchev–Trinajstić information content (AvgIpc) is 2.97. The molecule has 0 aromatic heterocycles. The van der Waals surface area contributed by atoms with Gasteiger partial charge >= 0.3 is 0 Å². The quantitative estimate of drug-likeness (QED) is 0.887. The number of nitrogens with zero attached hydrogens (tertiary/aromatic N) is 1. The Kier molecular flexibility index (Phi) is 3.62. The Hall–Kier alpha value is -1.09. The molecule has 1 saturated carbocycles. The second-order valence-corrected chi connectivity index (χ2v) is 5.69. The highest BCUT2D eigenvalue weighted by atomic mass is 19.1. The van der Waals surface area contributed by atoms with E-state index in [1.165, 1.54) is 12.5 Å². The molecule has 0 aliphatic heterocycles. The summed E-state index contributed by atoms with van der Waals surface area (Å²) in [6, 6.07) is 3.30. The standard InChI is InChI=1S/C15H22FNO/c1-9-5-12(9)8-17(4)15-6-10(2)14(16)7-13(15)11(3)18/h6-7,9,11-12,18H,5,8H2,1-4H3/t9?,11-,12?/m1/s1. The molecule has 0 heterocycles. The van der Waals surface area contributed by atoms with E-state index in [0.29, 0.717) is 11.1 Å². The number of aliphatic hydroxyl groups excluding tert-OH is 1. The van der Waals surface area contributed by atoms with E-state index in [1.54, 1.807) is 13.8 Å². The SMILES string of the molecule is Cc1cc(N(C)CC2CC2C)c([C@@H](C)O)cc1F. The molecule has 18 heavy (non-hydrogen) atoms. The van der Waals surface area contributed by atoms with Gasteiger partial charge in [-0.15, -0.1) is 0 Å². The molecule has 3 atom stereocenters. The van der Waals surface area contributed by atoms with Crippen molar-refractivity contribution in [1.29, 1.82) is 0 Å². The summed E-state index contributed by atoms with van der Waals surface area (Å²) in [7, 11) is 2.02. The van der Waals surface area contributed by atoms with E-state index in [4.69, 9.17) is 0 Å². The maximum absolute atomic E-state index is 13.6. The highest BCUT2D eigenvalue weighted by Crippen LogP contribution is 2.39. The third-order valence-corrected chi connectivity index (χ3v) is 3.95. The monoisotopic (exact) mass is 251 g/mol. The number of hydrogen-bond acceptors (Lipinski definition) is 2. The van der Waals surface area contributed by atoms with E-state index in [1.807, 2.05) is 13.1 Å². The minimum absolute atomic E-state index is 0.247. The zero-order valence-electron chi connectivity index (χ0n) is 11.6. The van der Waals surface area contributed by atoms with Crippen LogP contribution in [-0.2, 0) is 0 Å². The molecule has 100 valence electrons. The second kappa shape index (κ2) is 4.88. The summed E-state index contributed by atoms with van der Waals surface area (Å²) < 4.78 is 13.6. The predicted molar refractivity (Wildman–Crippen MR) is 72.3 cm³/mol. The highest BCUT2D eigenvalue weighted by molar-refractivity contribution is 5.56. The van der Waals surface area contributed by atoms with Crippen LogP contribution in [0.5, 0.6) is 0 Å². The van der Waals surface area contributed by atoms with Gasteiger partial charge in [-0.05, 0) is 49.8 Å². The van der Waals surface area contributed by atoms with Crippen molar-refractivity contribution >= 4 is 5.69 Å². The van der Waals surface area contributed by atoms with Gasteiger partial charge in [0.2, 0.25) is 0 Å². The molecule has 1 N–H and O–H groups in total. The zero-order chi connectivity index (χ0) is 13.4. The Morgan fingerprint density at radius 1 is 1.50 bits per heavy atom. The fraction of sp³-hybridized carbons (Fsp3) is 0.600. The van der Waals surface area contributed by atoms with Crippen LogP contribution in [0.15, 0.2) is 12.1 Å². The molecule has 0 spiro atoms. The van der Waals surface area contributed by atoms with E-state index >= 15 is 0 Å². The minimum atomic E-state index is -0.644. The maximum atomic E-state index is 13.6. The Bertz CT molecular complexity index is 444. The van der Waals surface area contributed by atoms with Crippen molar-refractivity contribution in [2.75, 3.05) is 18.5 Å². The van der Waals surface area contributed by atoms with Gasteiger partial charge < -0.3 is 10.0 Å². The predicted octanol–water partition coefficient (Wildman–Crippen LogP) is 3.28. The van der Waals surface area contributed by atoms with Crippen molar-refractivity contribution in [3.63, 3.8) is 0 Å². The lowest BCUT2D eigenvalue weighted by atomic mass is 10.0. The normalized spacial score (nSPS) is 23.9. The fourth-order valence-electron chi connectivity index (χ4n) is 2.45. The van der Waals surface area contributed by atoms with Crippen LogP contribution in [-0.4, -0.2) is 18.7 Å². The van der Waals surface area contributed by atoms with Crippen LogP contribution in [0, 0.1) is 24.6 Å². The first-order valence-corrected chi connectivity index (χ1v) is 6.59. The first-order chi connectivity index (χ1) is 8.40. The molecule has 2 unspecified atom stereocenters. The third kappa shape index (κ3) is 2.66. The highest BCUT2D eigenvalue weighted by Gasteiger charge is 2.33. The summed E-state index contributed by atoms with van der Waals surface area (Å²) in [4.78, 5) is 2.14. The number of rotatable bonds is 4. The van der Waals surface area contributed by atoms with Gasteiger partial charge in [0.15, 0.2) is 0 Å². The van der Waals surface area contributed by atoms with Crippen molar-refractivity contribution in [2.24, 2.45) is 11.8 Å². The summed E-state index contributed by atoms with van der Waals surface area (Å²) in [5.74, 6) is 1.29. The van der Waals surface area contributed by atoms with Crippen LogP contribution in [0.2, 0.25) is 0 Å². The minimum Gasteiger partial charge on any atom is -0.389 e. The molecule has 1 aromatic carbocycles. The molecule has 1 aromatic rings. The van der Waals surface area contributed by atoms with Crippen LogP contribution < -0.4 is 4.90 Å². The maximum Gasteiger partial charge on any atom is 0.126 e. The lowest BCUT2D eigenvalue weighted by molar-refractivity contribution is 0.199. The van der Waals surface area contributed by atoms with Gasteiger partial charge in [-0.2, -0.15) is 0 Å². The zero-order valence-corrected chi connectivity index (χ0v) is 11.6. The molecular formula is C15H22FNO. The van der Waals surface area contributed by atoms with Crippen molar-refractivity contribution in [1.82, 2.24) is 0 Å². The largest absolute Gasteiger partial charge is 0.389 e. The second-order valence-electron chi connectivity index (χ2n) is 5.69. The van der Waals surface area contributed by atoms with Gasteiger partial charge in [0.25, 0.3) is 0 Å². The molecule has 2 rings (SSSR count). The number of aryl methyl sites for hydroxylation is 1. The molecule has 0 saturated heterocycles. The molecule has 1 aliphatic rings. The summed E-state index contributed by atoms with van der Waals surface area (Å²) in [5, 5.41) is 9.78. The van der Waals surface area contributed by atoms with Crippen molar-refractivity contribution in [2.45, 2.75) is 33.3 Å². The van der Waals surface area contributed by atoms with Gasteiger partial charge in [0, 0.05) is 24.8 Å². The number of hydrogen-bond donors (Lipinski definition) is 1. The molecule has 0 radical (unpaired) electrons. The Morgan fingerprint density at radius 3 is 2.61 bits per heavy atom. The third-order valence-electron chi connectivity index (χ3n) is 3.95. The van der Waals surface area contributed by atoms with E-state index in [2.05, 4.69) is 11.8 Å².